The highest BCUT2D eigenvalue weighted by molar-refractivity contribution is 7.98. The van der Waals surface area contributed by atoms with Crippen LogP contribution in [0, 0.1) is 6.92 Å². The minimum atomic E-state index is -0.348. The van der Waals surface area contributed by atoms with Gasteiger partial charge in [0.2, 0.25) is 0 Å². The van der Waals surface area contributed by atoms with Crippen molar-refractivity contribution in [1.82, 2.24) is 9.78 Å². The average molecular weight is 365 g/mol. The molecule has 0 aliphatic heterocycles. The molecule has 1 heterocycles. The first kappa shape index (κ1) is 17.9. The van der Waals surface area contributed by atoms with Crippen LogP contribution in [0.2, 0.25) is 0 Å². The highest BCUT2D eigenvalue weighted by Crippen LogP contribution is 2.17. The van der Waals surface area contributed by atoms with Gasteiger partial charge in [-0.15, -0.1) is 11.8 Å². The molecule has 0 aliphatic rings. The Morgan fingerprint density at radius 2 is 1.73 bits per heavy atom. The number of hydrogen-bond donors (Lipinski definition) is 1. The first-order valence-electron chi connectivity index (χ1n) is 8.14. The Bertz CT molecular complexity index is 964. The van der Waals surface area contributed by atoms with E-state index in [4.69, 9.17) is 0 Å². The predicted molar refractivity (Wildman–Crippen MR) is 105 cm³/mol. The molecule has 3 rings (SSSR count). The van der Waals surface area contributed by atoms with Crippen LogP contribution < -0.4 is 10.9 Å². The molecule has 6 heteroatoms. The number of anilines is 1. The standard InChI is InChI=1S/C20H19N3O2S/c1-14-3-5-15(6-4-14)13-23-19(24)12-11-18(22-23)20(25)21-16-7-9-17(26-2)10-8-16/h3-12H,13H2,1-2H3,(H,21,25). The molecule has 0 saturated carbocycles. The summed E-state index contributed by atoms with van der Waals surface area (Å²) < 4.78 is 1.30. The minimum absolute atomic E-state index is 0.200. The van der Waals surface area contributed by atoms with Gasteiger partial charge in [0, 0.05) is 16.6 Å². The van der Waals surface area contributed by atoms with E-state index in [-0.39, 0.29) is 17.2 Å². The molecule has 0 atom stereocenters. The van der Waals surface area contributed by atoms with Crippen LogP contribution in [0.3, 0.4) is 0 Å². The smallest absolute Gasteiger partial charge is 0.276 e. The van der Waals surface area contributed by atoms with Crippen LogP contribution in [0.25, 0.3) is 0 Å². The summed E-state index contributed by atoms with van der Waals surface area (Å²) in [5.74, 6) is -0.348. The molecular weight excluding hydrogens is 346 g/mol. The molecule has 0 spiro atoms. The number of amides is 1. The van der Waals surface area contributed by atoms with Crippen molar-refractivity contribution in [2.75, 3.05) is 11.6 Å². The lowest BCUT2D eigenvalue weighted by Crippen LogP contribution is -2.26. The summed E-state index contributed by atoms with van der Waals surface area (Å²) in [5.41, 5.74) is 2.74. The number of aryl methyl sites for hydroxylation is 1. The molecule has 0 aliphatic carbocycles. The normalized spacial score (nSPS) is 10.5. The van der Waals surface area contributed by atoms with Gasteiger partial charge in [-0.05, 0) is 49.1 Å². The lowest BCUT2D eigenvalue weighted by molar-refractivity contribution is 0.102. The molecule has 0 radical (unpaired) electrons. The van der Waals surface area contributed by atoms with Gasteiger partial charge >= 0.3 is 0 Å². The maximum absolute atomic E-state index is 12.4. The minimum Gasteiger partial charge on any atom is -0.321 e. The van der Waals surface area contributed by atoms with Crippen molar-refractivity contribution in [2.45, 2.75) is 18.4 Å². The van der Waals surface area contributed by atoms with E-state index >= 15 is 0 Å². The third kappa shape index (κ3) is 4.40. The summed E-state index contributed by atoms with van der Waals surface area (Å²) in [5, 5.41) is 7.01. The molecule has 0 saturated heterocycles. The quantitative estimate of drug-likeness (QED) is 0.702. The Morgan fingerprint density at radius 3 is 2.38 bits per heavy atom. The lowest BCUT2D eigenvalue weighted by Gasteiger charge is -2.09. The maximum atomic E-state index is 12.4. The molecule has 2 aromatic carbocycles. The number of nitrogens with one attached hydrogen (secondary N) is 1. The van der Waals surface area contributed by atoms with Crippen molar-refractivity contribution >= 4 is 23.4 Å². The average Bonchev–Trinajstić information content (AvgIpc) is 2.66. The van der Waals surface area contributed by atoms with E-state index in [9.17, 15) is 9.59 Å². The van der Waals surface area contributed by atoms with E-state index in [1.807, 2.05) is 61.7 Å². The van der Waals surface area contributed by atoms with Crippen LogP contribution in [0.15, 0.2) is 70.4 Å². The third-order valence-electron chi connectivity index (χ3n) is 3.90. The zero-order valence-electron chi connectivity index (χ0n) is 14.6. The first-order valence-corrected chi connectivity index (χ1v) is 9.37. The highest BCUT2D eigenvalue weighted by atomic mass is 32.2. The van der Waals surface area contributed by atoms with Gasteiger partial charge in [-0.1, -0.05) is 29.8 Å². The van der Waals surface area contributed by atoms with Gasteiger partial charge in [-0.2, -0.15) is 5.10 Å². The second-order valence-corrected chi connectivity index (χ2v) is 6.76. The van der Waals surface area contributed by atoms with Crippen LogP contribution in [-0.2, 0) is 6.54 Å². The van der Waals surface area contributed by atoms with Crippen LogP contribution in [0.5, 0.6) is 0 Å². The van der Waals surface area contributed by atoms with Crippen molar-refractivity contribution in [3.63, 3.8) is 0 Å². The van der Waals surface area contributed by atoms with Crippen molar-refractivity contribution in [1.29, 1.82) is 0 Å². The number of thioether (sulfide) groups is 1. The molecule has 26 heavy (non-hydrogen) atoms. The van der Waals surface area contributed by atoms with E-state index in [2.05, 4.69) is 10.4 Å². The number of rotatable bonds is 5. The number of carbonyl (C=O) groups excluding carboxylic acids is 1. The van der Waals surface area contributed by atoms with Crippen LogP contribution in [-0.4, -0.2) is 21.9 Å². The summed E-state index contributed by atoms with van der Waals surface area (Å²) in [6.07, 6.45) is 1.99. The molecule has 1 N–H and O–H groups in total. The van der Waals surface area contributed by atoms with Gasteiger partial charge in [0.25, 0.3) is 11.5 Å². The van der Waals surface area contributed by atoms with Gasteiger partial charge in [-0.3, -0.25) is 9.59 Å². The molecule has 0 bridgehead atoms. The summed E-state index contributed by atoms with van der Waals surface area (Å²) in [4.78, 5) is 25.6. The first-order chi connectivity index (χ1) is 12.5. The fraction of sp³-hybridized carbons (Fsp3) is 0.150. The molecule has 1 aromatic heterocycles. The topological polar surface area (TPSA) is 64.0 Å². The van der Waals surface area contributed by atoms with E-state index in [1.165, 1.54) is 16.8 Å². The van der Waals surface area contributed by atoms with Crippen LogP contribution >= 0.6 is 11.8 Å². The number of benzene rings is 2. The van der Waals surface area contributed by atoms with E-state index in [1.54, 1.807) is 11.8 Å². The molecule has 3 aromatic rings. The van der Waals surface area contributed by atoms with Crippen molar-refractivity contribution in [2.24, 2.45) is 0 Å². The number of nitrogens with zero attached hydrogens (tertiary/aromatic N) is 2. The molecular formula is C20H19N3O2S. The number of hydrogen-bond acceptors (Lipinski definition) is 4. The van der Waals surface area contributed by atoms with Crippen molar-refractivity contribution in [3.8, 4) is 0 Å². The fourth-order valence-electron chi connectivity index (χ4n) is 2.42. The summed E-state index contributed by atoms with van der Waals surface area (Å²) >= 11 is 1.63. The molecule has 132 valence electrons. The van der Waals surface area contributed by atoms with E-state index < -0.39 is 0 Å². The summed E-state index contributed by atoms with van der Waals surface area (Å²) in [6, 6.07) is 18.2. The maximum Gasteiger partial charge on any atom is 0.276 e. The van der Waals surface area contributed by atoms with Gasteiger partial charge < -0.3 is 5.32 Å². The van der Waals surface area contributed by atoms with Gasteiger partial charge in [0.1, 0.15) is 5.69 Å². The van der Waals surface area contributed by atoms with Gasteiger partial charge in [-0.25, -0.2) is 4.68 Å². The molecule has 0 fully saturated rings. The number of carbonyl (C=O) groups is 1. The van der Waals surface area contributed by atoms with Crippen molar-refractivity contribution in [3.05, 3.63) is 87.8 Å². The summed E-state index contributed by atoms with van der Waals surface area (Å²) in [7, 11) is 0. The highest BCUT2D eigenvalue weighted by Gasteiger charge is 2.10. The Balaban J connectivity index is 1.78. The monoisotopic (exact) mass is 365 g/mol. The number of aromatic nitrogens is 2. The van der Waals surface area contributed by atoms with Gasteiger partial charge in [0.15, 0.2) is 0 Å². The Hall–Kier alpha value is -2.86. The van der Waals surface area contributed by atoms with E-state index in [0.717, 1.165) is 16.0 Å². The van der Waals surface area contributed by atoms with Crippen molar-refractivity contribution < 1.29 is 4.79 Å². The fourth-order valence-corrected chi connectivity index (χ4v) is 2.83. The zero-order valence-corrected chi connectivity index (χ0v) is 15.4. The second-order valence-electron chi connectivity index (χ2n) is 5.88. The largest absolute Gasteiger partial charge is 0.321 e. The molecule has 5 nitrogen and oxygen atoms in total. The Labute approximate surface area is 156 Å². The predicted octanol–water partition coefficient (Wildman–Crippen LogP) is 3.57. The van der Waals surface area contributed by atoms with Crippen LogP contribution in [0.1, 0.15) is 21.6 Å². The lowest BCUT2D eigenvalue weighted by atomic mass is 10.1. The van der Waals surface area contributed by atoms with E-state index in [0.29, 0.717) is 12.2 Å². The second kappa shape index (κ2) is 8.01. The Kier molecular flexibility index (Phi) is 5.53. The third-order valence-corrected chi connectivity index (χ3v) is 4.64. The molecule has 0 unspecified atom stereocenters. The van der Waals surface area contributed by atoms with Crippen LogP contribution in [0.4, 0.5) is 5.69 Å². The summed E-state index contributed by atoms with van der Waals surface area (Å²) in [6.45, 7) is 2.33. The SMILES string of the molecule is CSc1ccc(NC(=O)c2ccc(=O)n(Cc3ccc(C)cc3)n2)cc1. The Morgan fingerprint density at radius 1 is 1.04 bits per heavy atom. The zero-order chi connectivity index (χ0) is 18.5. The van der Waals surface area contributed by atoms with Gasteiger partial charge in [0.05, 0.1) is 6.54 Å². The molecule has 1 amide bonds.